The zero-order valence-corrected chi connectivity index (χ0v) is 23.5. The van der Waals surface area contributed by atoms with E-state index in [4.69, 9.17) is 21.3 Å². The lowest BCUT2D eigenvalue weighted by atomic mass is 9.90. The van der Waals surface area contributed by atoms with Crippen molar-refractivity contribution < 1.29 is 14.3 Å². The van der Waals surface area contributed by atoms with Crippen LogP contribution in [0.3, 0.4) is 0 Å². The summed E-state index contributed by atoms with van der Waals surface area (Å²) in [5, 5.41) is 8.97. The number of ether oxygens (including phenoxy) is 2. The topological polar surface area (TPSA) is 83.0 Å². The van der Waals surface area contributed by atoms with Gasteiger partial charge in [0.25, 0.3) is 0 Å². The van der Waals surface area contributed by atoms with Crippen LogP contribution in [0.15, 0.2) is 60.8 Å². The summed E-state index contributed by atoms with van der Waals surface area (Å²) in [5.41, 5.74) is 3.99. The van der Waals surface area contributed by atoms with Crippen LogP contribution in [-0.2, 0) is 6.54 Å². The van der Waals surface area contributed by atoms with Gasteiger partial charge in [-0.3, -0.25) is 14.7 Å². The number of benzene rings is 2. The molecule has 0 aliphatic carbocycles. The van der Waals surface area contributed by atoms with Gasteiger partial charge in [-0.15, -0.1) is 0 Å². The van der Waals surface area contributed by atoms with E-state index in [1.807, 2.05) is 42.6 Å². The van der Waals surface area contributed by atoms with Crippen molar-refractivity contribution >= 4 is 17.2 Å². The van der Waals surface area contributed by atoms with E-state index in [0.717, 1.165) is 64.1 Å². The molecule has 2 aliphatic rings. The van der Waals surface area contributed by atoms with Gasteiger partial charge >= 0.3 is 0 Å². The molecule has 8 heteroatoms. The lowest BCUT2D eigenvalue weighted by molar-refractivity contribution is 0.0920. The Balaban J connectivity index is 1.06. The molecule has 0 N–H and O–H groups in total. The third-order valence-electron chi connectivity index (χ3n) is 8.08. The molecule has 0 atom stereocenters. The number of nitriles is 1. The second kappa shape index (κ2) is 13.3. The third kappa shape index (κ3) is 7.22. The maximum absolute atomic E-state index is 13.0. The molecule has 0 bridgehead atoms. The number of piperidine rings is 2. The van der Waals surface area contributed by atoms with Crippen LogP contribution >= 0.6 is 0 Å². The van der Waals surface area contributed by atoms with Gasteiger partial charge in [0.2, 0.25) is 0 Å². The van der Waals surface area contributed by atoms with E-state index >= 15 is 0 Å². The molecule has 8 nitrogen and oxygen atoms in total. The summed E-state index contributed by atoms with van der Waals surface area (Å²) in [4.78, 5) is 25.7. The number of rotatable bonds is 9. The fourth-order valence-corrected chi connectivity index (χ4v) is 5.63. The number of aromatic nitrogens is 1. The number of pyridine rings is 1. The highest BCUT2D eigenvalue weighted by Gasteiger charge is 2.24. The Labute approximate surface area is 241 Å². The highest BCUT2D eigenvalue weighted by molar-refractivity contribution is 5.94. The van der Waals surface area contributed by atoms with Crippen LogP contribution in [0.2, 0.25) is 0 Å². The summed E-state index contributed by atoms with van der Waals surface area (Å²) < 4.78 is 11.6. The summed E-state index contributed by atoms with van der Waals surface area (Å²) in [6, 6.07) is 19.1. The largest absolute Gasteiger partial charge is 0.494 e. The number of methoxy groups -OCH3 is 1. The second-order valence-electron chi connectivity index (χ2n) is 10.8. The molecular weight excluding hydrogens is 514 g/mol. The molecular formula is C33H35N5O3. The molecule has 5 rings (SSSR count). The molecule has 2 fully saturated rings. The molecule has 2 aliphatic heterocycles. The Bertz CT molecular complexity index is 1410. The number of ketones is 1. The van der Waals surface area contributed by atoms with Crippen LogP contribution in [0.1, 0.15) is 53.7 Å². The van der Waals surface area contributed by atoms with E-state index in [-0.39, 0.29) is 11.9 Å². The van der Waals surface area contributed by atoms with Crippen LogP contribution < -0.4 is 14.4 Å². The van der Waals surface area contributed by atoms with Gasteiger partial charge in [0.15, 0.2) is 17.2 Å². The summed E-state index contributed by atoms with van der Waals surface area (Å²) in [7, 11) is 1.59. The maximum atomic E-state index is 13.0. The molecule has 41 heavy (non-hydrogen) atoms. The number of nitrogens with zero attached hydrogens (tertiary/aromatic N) is 5. The van der Waals surface area contributed by atoms with Gasteiger partial charge in [-0.25, -0.2) is 4.85 Å². The second-order valence-corrected chi connectivity index (χ2v) is 10.8. The van der Waals surface area contributed by atoms with Crippen molar-refractivity contribution in [3.05, 3.63) is 89.0 Å². The minimum absolute atomic E-state index is 0.0725. The molecule has 0 saturated carbocycles. The van der Waals surface area contributed by atoms with Crippen LogP contribution in [0.4, 0.5) is 11.4 Å². The Morgan fingerprint density at radius 2 is 1.78 bits per heavy atom. The summed E-state index contributed by atoms with van der Waals surface area (Å²) in [6.07, 6.45) is 6.17. The highest BCUT2D eigenvalue weighted by atomic mass is 16.5. The molecule has 3 heterocycles. The van der Waals surface area contributed by atoms with Gasteiger partial charge in [0.1, 0.15) is 17.5 Å². The smallest absolute Gasteiger partial charge is 0.191 e. The van der Waals surface area contributed by atoms with Gasteiger partial charge in [-0.05, 0) is 73.8 Å². The van der Waals surface area contributed by atoms with Crippen molar-refractivity contribution in [2.75, 3.05) is 38.2 Å². The molecule has 0 spiro atoms. The molecule has 2 aromatic carbocycles. The zero-order valence-electron chi connectivity index (χ0n) is 23.5. The molecule has 0 radical (unpaired) electrons. The fraction of sp³-hybridized carbons (Fsp3) is 0.394. The standard InChI is InChI=1S/C33H35N5O3/c1-35-27-7-10-32(33(20-27)40-2)41-29-13-17-38(18-14-29)28-8-9-30(36-22-28)31(39)19-24-11-15-37(16-12-24)23-26-5-3-25(21-34)4-6-26/h3-10,20,22,24,29H,11-19,23H2,2H3. The number of hydrogen-bond donors (Lipinski definition) is 0. The van der Waals surface area contributed by atoms with Crippen molar-refractivity contribution in [2.24, 2.45) is 5.92 Å². The van der Waals surface area contributed by atoms with E-state index < -0.39 is 0 Å². The van der Waals surface area contributed by atoms with Crippen LogP contribution in [0.25, 0.3) is 4.85 Å². The summed E-state index contributed by atoms with van der Waals surface area (Å²) in [5.74, 6) is 1.75. The minimum Gasteiger partial charge on any atom is -0.494 e. The van der Waals surface area contributed by atoms with E-state index in [1.165, 1.54) is 5.56 Å². The minimum atomic E-state index is 0.0725. The predicted molar refractivity (Wildman–Crippen MR) is 157 cm³/mol. The van der Waals surface area contributed by atoms with E-state index in [1.54, 1.807) is 25.3 Å². The van der Waals surface area contributed by atoms with E-state index in [2.05, 4.69) is 25.7 Å². The summed E-state index contributed by atoms with van der Waals surface area (Å²) >= 11 is 0. The number of likely N-dealkylation sites (tertiary alicyclic amines) is 1. The maximum Gasteiger partial charge on any atom is 0.191 e. The number of carbonyl (C=O) groups excluding carboxylic acids is 1. The Hall–Kier alpha value is -4.40. The van der Waals surface area contributed by atoms with Crippen LogP contribution in [0, 0.1) is 23.8 Å². The third-order valence-corrected chi connectivity index (χ3v) is 8.08. The molecule has 2 saturated heterocycles. The Morgan fingerprint density at radius 3 is 2.41 bits per heavy atom. The quantitative estimate of drug-likeness (QED) is 0.238. The van der Waals surface area contributed by atoms with Crippen molar-refractivity contribution in [1.82, 2.24) is 9.88 Å². The van der Waals surface area contributed by atoms with Crippen molar-refractivity contribution in [3.63, 3.8) is 0 Å². The highest BCUT2D eigenvalue weighted by Crippen LogP contribution is 2.34. The van der Waals surface area contributed by atoms with Gasteiger partial charge < -0.3 is 14.4 Å². The predicted octanol–water partition coefficient (Wildman–Crippen LogP) is 6.05. The lowest BCUT2D eigenvalue weighted by Crippen LogP contribution is -2.38. The Kier molecular flexibility index (Phi) is 9.13. The fourth-order valence-electron chi connectivity index (χ4n) is 5.63. The van der Waals surface area contributed by atoms with E-state index in [0.29, 0.717) is 40.8 Å². The van der Waals surface area contributed by atoms with Gasteiger partial charge in [-0.1, -0.05) is 18.2 Å². The molecule has 0 unspecified atom stereocenters. The van der Waals surface area contributed by atoms with Gasteiger partial charge in [0, 0.05) is 38.9 Å². The number of Topliss-reactive ketones (excluding diaryl/α,β-unsaturated/α-hetero) is 1. The molecule has 210 valence electrons. The first kappa shape index (κ1) is 28.1. The average Bonchev–Trinajstić information content (AvgIpc) is 3.03. The van der Waals surface area contributed by atoms with Crippen LogP contribution in [0.5, 0.6) is 11.5 Å². The first-order valence-corrected chi connectivity index (χ1v) is 14.2. The number of anilines is 1. The normalized spacial score (nSPS) is 16.5. The molecule has 1 aromatic heterocycles. The van der Waals surface area contributed by atoms with Crippen molar-refractivity contribution in [3.8, 4) is 17.6 Å². The average molecular weight is 550 g/mol. The van der Waals surface area contributed by atoms with Gasteiger partial charge in [0.05, 0.1) is 37.2 Å². The monoisotopic (exact) mass is 549 g/mol. The Morgan fingerprint density at radius 1 is 1.02 bits per heavy atom. The first-order chi connectivity index (χ1) is 20.0. The van der Waals surface area contributed by atoms with Crippen molar-refractivity contribution in [2.45, 2.75) is 44.8 Å². The van der Waals surface area contributed by atoms with Crippen molar-refractivity contribution in [1.29, 1.82) is 5.26 Å². The van der Waals surface area contributed by atoms with Gasteiger partial charge in [-0.2, -0.15) is 5.26 Å². The molecule has 3 aromatic rings. The SMILES string of the molecule is [C-]#[N+]c1ccc(OC2CCN(c3ccc(C(=O)CC4CCN(Cc5ccc(C#N)cc5)CC4)nc3)CC2)c(OC)c1. The van der Waals surface area contributed by atoms with E-state index in [9.17, 15) is 4.79 Å². The zero-order chi connectivity index (χ0) is 28.6. The molecule has 0 amide bonds. The first-order valence-electron chi connectivity index (χ1n) is 14.2. The summed E-state index contributed by atoms with van der Waals surface area (Å²) in [6.45, 7) is 11.7. The number of carbonyl (C=O) groups is 1. The lowest BCUT2D eigenvalue weighted by Gasteiger charge is -2.33. The van der Waals surface area contributed by atoms with Crippen LogP contribution in [-0.4, -0.2) is 55.1 Å². The number of hydrogen-bond acceptors (Lipinski definition) is 7.